The fraction of sp³-hybridized carbons (Fsp3) is 0.250. The summed E-state index contributed by atoms with van der Waals surface area (Å²) in [5, 5.41) is 0. The zero-order valence-electron chi connectivity index (χ0n) is 8.66. The lowest BCUT2D eigenvalue weighted by Gasteiger charge is -1.87. The highest BCUT2D eigenvalue weighted by Crippen LogP contribution is 2.18. The Morgan fingerprint density at radius 1 is 1.36 bits per heavy atom. The highest BCUT2D eigenvalue weighted by molar-refractivity contribution is 5.74. The van der Waals surface area contributed by atoms with Crippen LogP contribution < -0.4 is 0 Å². The van der Waals surface area contributed by atoms with Crippen molar-refractivity contribution >= 4 is 17.2 Å². The lowest BCUT2D eigenvalue weighted by atomic mass is 10.2. The average Bonchev–Trinajstić information content (AvgIpc) is 2.44. The van der Waals surface area contributed by atoms with Crippen LogP contribution in [-0.2, 0) is 0 Å². The van der Waals surface area contributed by atoms with Crippen LogP contribution in [-0.4, -0.2) is 4.98 Å². The molecule has 0 aliphatic rings. The van der Waals surface area contributed by atoms with Gasteiger partial charge in [0.1, 0.15) is 5.52 Å². The first-order valence-corrected chi connectivity index (χ1v) is 4.67. The van der Waals surface area contributed by atoms with Gasteiger partial charge in [0, 0.05) is 0 Å². The molecule has 1 aromatic heterocycles. The minimum absolute atomic E-state index is 0.686. The van der Waals surface area contributed by atoms with Gasteiger partial charge in [0.25, 0.3) is 0 Å². The first kappa shape index (κ1) is 9.00. The van der Waals surface area contributed by atoms with Crippen molar-refractivity contribution < 1.29 is 4.42 Å². The molecule has 14 heavy (non-hydrogen) atoms. The van der Waals surface area contributed by atoms with E-state index in [-0.39, 0.29) is 0 Å². The molecule has 0 unspecified atom stereocenters. The van der Waals surface area contributed by atoms with E-state index in [9.17, 15) is 0 Å². The van der Waals surface area contributed by atoms with Crippen LogP contribution in [0.3, 0.4) is 0 Å². The Balaban J connectivity index is 2.57. The average molecular weight is 187 g/mol. The van der Waals surface area contributed by atoms with Crippen LogP contribution in [0.4, 0.5) is 0 Å². The van der Waals surface area contributed by atoms with Gasteiger partial charge in [0.2, 0.25) is 5.89 Å². The van der Waals surface area contributed by atoms with Crippen LogP contribution in [0.2, 0.25) is 0 Å². The summed E-state index contributed by atoms with van der Waals surface area (Å²) in [4.78, 5) is 4.37. The van der Waals surface area contributed by atoms with Gasteiger partial charge in [-0.1, -0.05) is 11.6 Å². The second kappa shape index (κ2) is 3.29. The van der Waals surface area contributed by atoms with Gasteiger partial charge in [0.15, 0.2) is 5.58 Å². The number of oxazole rings is 1. The van der Waals surface area contributed by atoms with Crippen molar-refractivity contribution in [2.45, 2.75) is 20.8 Å². The fourth-order valence-electron chi connectivity index (χ4n) is 1.36. The number of aromatic nitrogens is 1. The second-order valence-corrected chi connectivity index (χ2v) is 3.74. The number of allylic oxidation sites excluding steroid dienone is 1. The van der Waals surface area contributed by atoms with Crippen molar-refractivity contribution in [3.05, 3.63) is 35.2 Å². The molecule has 0 N–H and O–H groups in total. The Labute approximate surface area is 83.3 Å². The molecule has 0 bridgehead atoms. The Kier molecular flexibility index (Phi) is 2.12. The van der Waals surface area contributed by atoms with E-state index in [0.717, 1.165) is 11.1 Å². The molecule has 0 spiro atoms. The van der Waals surface area contributed by atoms with Gasteiger partial charge in [-0.3, -0.25) is 0 Å². The fourth-order valence-corrected chi connectivity index (χ4v) is 1.36. The van der Waals surface area contributed by atoms with E-state index in [2.05, 4.69) is 11.9 Å². The zero-order valence-corrected chi connectivity index (χ0v) is 8.66. The molecule has 0 aliphatic heterocycles. The van der Waals surface area contributed by atoms with Gasteiger partial charge >= 0.3 is 0 Å². The summed E-state index contributed by atoms with van der Waals surface area (Å²) >= 11 is 0. The third kappa shape index (κ3) is 1.69. The highest BCUT2D eigenvalue weighted by Gasteiger charge is 2.02. The Morgan fingerprint density at radius 3 is 2.86 bits per heavy atom. The molecule has 0 radical (unpaired) electrons. The maximum Gasteiger partial charge on any atom is 0.219 e. The van der Waals surface area contributed by atoms with Crippen molar-refractivity contribution in [1.82, 2.24) is 4.98 Å². The topological polar surface area (TPSA) is 26.0 Å². The first-order chi connectivity index (χ1) is 6.65. The van der Waals surface area contributed by atoms with E-state index < -0.39 is 0 Å². The van der Waals surface area contributed by atoms with Crippen LogP contribution >= 0.6 is 0 Å². The van der Waals surface area contributed by atoms with Gasteiger partial charge in [-0.15, -0.1) is 0 Å². The van der Waals surface area contributed by atoms with Crippen molar-refractivity contribution in [2.24, 2.45) is 0 Å². The predicted octanol–water partition coefficient (Wildman–Crippen LogP) is 3.56. The maximum atomic E-state index is 5.55. The van der Waals surface area contributed by atoms with Crippen molar-refractivity contribution in [2.75, 3.05) is 0 Å². The molecular formula is C12H13NO. The summed E-state index contributed by atoms with van der Waals surface area (Å²) in [6.07, 6.45) is 1.94. The smallest absolute Gasteiger partial charge is 0.219 e. The molecule has 1 heterocycles. The van der Waals surface area contributed by atoms with E-state index in [1.165, 1.54) is 11.1 Å². The number of aryl methyl sites for hydroxylation is 1. The standard InChI is InChI=1S/C12H13NO/c1-8(2)6-12-13-10-7-9(3)4-5-11(10)14-12/h4-7H,1-3H3. The number of fused-ring (bicyclic) bond motifs is 1. The molecule has 2 rings (SSSR count). The minimum atomic E-state index is 0.686. The number of hydrogen-bond acceptors (Lipinski definition) is 2. The van der Waals surface area contributed by atoms with Crippen LogP contribution in [0.15, 0.2) is 28.2 Å². The Morgan fingerprint density at radius 2 is 2.14 bits per heavy atom. The molecule has 72 valence electrons. The van der Waals surface area contributed by atoms with Crippen LogP contribution in [0.25, 0.3) is 17.2 Å². The number of benzene rings is 1. The second-order valence-electron chi connectivity index (χ2n) is 3.74. The summed E-state index contributed by atoms with van der Waals surface area (Å²) in [5.74, 6) is 0.686. The molecule has 0 atom stereocenters. The van der Waals surface area contributed by atoms with E-state index >= 15 is 0 Å². The molecule has 2 heteroatoms. The van der Waals surface area contributed by atoms with Gasteiger partial charge < -0.3 is 4.42 Å². The van der Waals surface area contributed by atoms with Gasteiger partial charge in [-0.25, -0.2) is 4.98 Å². The van der Waals surface area contributed by atoms with E-state index in [1.54, 1.807) is 0 Å². The predicted molar refractivity (Wildman–Crippen MR) is 58.1 cm³/mol. The highest BCUT2D eigenvalue weighted by atomic mass is 16.3. The normalized spacial score (nSPS) is 10.5. The molecular weight excluding hydrogens is 174 g/mol. The first-order valence-electron chi connectivity index (χ1n) is 4.67. The summed E-state index contributed by atoms with van der Waals surface area (Å²) < 4.78 is 5.55. The van der Waals surface area contributed by atoms with Crippen molar-refractivity contribution in [3.8, 4) is 0 Å². The molecule has 0 saturated carbocycles. The zero-order chi connectivity index (χ0) is 10.1. The SMILES string of the molecule is CC(C)=Cc1nc2cc(C)ccc2o1. The summed E-state index contributed by atoms with van der Waals surface area (Å²) in [6.45, 7) is 6.11. The van der Waals surface area contributed by atoms with Gasteiger partial charge in [-0.2, -0.15) is 0 Å². The molecule has 2 nitrogen and oxygen atoms in total. The van der Waals surface area contributed by atoms with E-state index in [0.29, 0.717) is 5.89 Å². The van der Waals surface area contributed by atoms with Crippen LogP contribution in [0.5, 0.6) is 0 Å². The third-order valence-electron chi connectivity index (χ3n) is 1.97. The summed E-state index contributed by atoms with van der Waals surface area (Å²) in [7, 11) is 0. The lowest BCUT2D eigenvalue weighted by molar-refractivity contribution is 0.588. The molecule has 0 amide bonds. The molecule has 2 aromatic rings. The monoisotopic (exact) mass is 187 g/mol. The number of nitrogens with zero attached hydrogens (tertiary/aromatic N) is 1. The van der Waals surface area contributed by atoms with Gasteiger partial charge in [-0.05, 0) is 44.5 Å². The van der Waals surface area contributed by atoms with Crippen LogP contribution in [0.1, 0.15) is 25.3 Å². The molecule has 0 aliphatic carbocycles. The van der Waals surface area contributed by atoms with Crippen molar-refractivity contribution in [3.63, 3.8) is 0 Å². The summed E-state index contributed by atoms with van der Waals surface area (Å²) in [6, 6.07) is 6.01. The molecule has 1 aromatic carbocycles. The minimum Gasteiger partial charge on any atom is -0.437 e. The lowest BCUT2D eigenvalue weighted by Crippen LogP contribution is -1.72. The number of rotatable bonds is 1. The quantitative estimate of drug-likeness (QED) is 0.682. The van der Waals surface area contributed by atoms with E-state index in [4.69, 9.17) is 4.42 Å². The van der Waals surface area contributed by atoms with Crippen molar-refractivity contribution in [1.29, 1.82) is 0 Å². The molecule has 0 saturated heterocycles. The summed E-state index contributed by atoms with van der Waals surface area (Å²) in [5.41, 5.74) is 4.17. The maximum absolute atomic E-state index is 5.55. The van der Waals surface area contributed by atoms with Gasteiger partial charge in [0.05, 0.1) is 0 Å². The largest absolute Gasteiger partial charge is 0.437 e. The Hall–Kier alpha value is -1.57. The van der Waals surface area contributed by atoms with Crippen LogP contribution in [0, 0.1) is 6.92 Å². The Bertz CT molecular complexity index is 490. The molecule has 0 fully saturated rings. The van der Waals surface area contributed by atoms with E-state index in [1.807, 2.05) is 38.1 Å². The third-order valence-corrected chi connectivity index (χ3v) is 1.97. The number of hydrogen-bond donors (Lipinski definition) is 0.